The first-order valence-electron chi connectivity index (χ1n) is 4.39. The number of hydrogen-bond donors (Lipinski definition) is 1. The van der Waals surface area contributed by atoms with Crippen LogP contribution in [-0.4, -0.2) is 12.2 Å². The highest BCUT2D eigenvalue weighted by atomic mass is 35.5. The fourth-order valence-electron chi connectivity index (χ4n) is 1.26. The largest absolute Gasteiger partial charge is 0.446 e. The molecule has 0 spiro atoms. The average molecular weight is 248 g/mol. The smallest absolute Gasteiger partial charge is 0.404 e. The van der Waals surface area contributed by atoms with Gasteiger partial charge in [0.2, 0.25) is 0 Å². The third kappa shape index (κ3) is 3.61. The van der Waals surface area contributed by atoms with Gasteiger partial charge in [0.25, 0.3) is 0 Å². The monoisotopic (exact) mass is 247 g/mol. The Morgan fingerprint density at radius 2 is 2.20 bits per heavy atom. The van der Waals surface area contributed by atoms with Gasteiger partial charge in [-0.1, -0.05) is 35.3 Å². The minimum atomic E-state index is -0.791. The van der Waals surface area contributed by atoms with Crippen molar-refractivity contribution in [1.82, 2.24) is 0 Å². The summed E-state index contributed by atoms with van der Waals surface area (Å²) in [6.07, 6.45) is -0.624. The predicted molar refractivity (Wildman–Crippen MR) is 60.3 cm³/mol. The van der Waals surface area contributed by atoms with Crippen LogP contribution in [0, 0.1) is 0 Å². The molecule has 0 aliphatic heterocycles. The molecule has 82 valence electrons. The summed E-state index contributed by atoms with van der Waals surface area (Å²) in [5.74, 6) is 0. The van der Waals surface area contributed by atoms with E-state index in [9.17, 15) is 4.79 Å². The van der Waals surface area contributed by atoms with Gasteiger partial charge in [-0.15, -0.1) is 0 Å². The first kappa shape index (κ1) is 12.1. The van der Waals surface area contributed by atoms with E-state index in [1.54, 1.807) is 19.1 Å². The van der Waals surface area contributed by atoms with Crippen molar-refractivity contribution in [2.45, 2.75) is 19.4 Å². The molecule has 0 heterocycles. The maximum atomic E-state index is 10.5. The quantitative estimate of drug-likeness (QED) is 0.893. The molecule has 0 saturated carbocycles. The maximum absolute atomic E-state index is 10.5. The van der Waals surface area contributed by atoms with Crippen LogP contribution >= 0.6 is 23.2 Å². The molecule has 0 radical (unpaired) electrons. The lowest BCUT2D eigenvalue weighted by Gasteiger charge is -2.12. The molecule has 0 aliphatic carbocycles. The molecular weight excluding hydrogens is 237 g/mol. The number of amides is 1. The van der Waals surface area contributed by atoms with Gasteiger partial charge in [0.1, 0.15) is 6.10 Å². The molecule has 0 fully saturated rings. The Labute approximate surface area is 98.1 Å². The summed E-state index contributed by atoms with van der Waals surface area (Å²) in [5.41, 5.74) is 5.73. The highest BCUT2D eigenvalue weighted by Crippen LogP contribution is 2.26. The van der Waals surface area contributed by atoms with Crippen LogP contribution in [0.15, 0.2) is 18.2 Å². The molecule has 3 nitrogen and oxygen atoms in total. The van der Waals surface area contributed by atoms with E-state index in [1.807, 2.05) is 6.07 Å². The molecule has 1 amide bonds. The second kappa shape index (κ2) is 5.24. The zero-order valence-corrected chi connectivity index (χ0v) is 9.68. The molecule has 2 N–H and O–H groups in total. The number of rotatable bonds is 3. The van der Waals surface area contributed by atoms with Crippen molar-refractivity contribution in [3.8, 4) is 0 Å². The summed E-state index contributed by atoms with van der Waals surface area (Å²) in [6, 6.07) is 5.32. The summed E-state index contributed by atoms with van der Waals surface area (Å²) in [7, 11) is 0. The van der Waals surface area contributed by atoms with Crippen molar-refractivity contribution >= 4 is 29.3 Å². The topological polar surface area (TPSA) is 52.3 Å². The molecule has 1 unspecified atom stereocenters. The Balaban J connectivity index is 2.72. The summed E-state index contributed by atoms with van der Waals surface area (Å²) >= 11 is 11.8. The van der Waals surface area contributed by atoms with E-state index < -0.39 is 6.09 Å². The van der Waals surface area contributed by atoms with Crippen LogP contribution in [-0.2, 0) is 11.2 Å². The Bertz CT molecular complexity index is 368. The van der Waals surface area contributed by atoms with E-state index in [2.05, 4.69) is 0 Å². The van der Waals surface area contributed by atoms with Gasteiger partial charge in [-0.25, -0.2) is 4.79 Å². The molecular formula is C10H11Cl2NO2. The van der Waals surface area contributed by atoms with Gasteiger partial charge < -0.3 is 10.5 Å². The van der Waals surface area contributed by atoms with Crippen molar-refractivity contribution in [1.29, 1.82) is 0 Å². The molecule has 1 atom stereocenters. The van der Waals surface area contributed by atoms with Gasteiger partial charge in [0.05, 0.1) is 10.0 Å². The summed E-state index contributed by atoms with van der Waals surface area (Å²) in [4.78, 5) is 10.5. The Morgan fingerprint density at radius 3 is 2.80 bits per heavy atom. The first-order chi connectivity index (χ1) is 7.00. The average Bonchev–Trinajstić information content (AvgIpc) is 2.11. The van der Waals surface area contributed by atoms with Crippen LogP contribution in [0.2, 0.25) is 10.0 Å². The van der Waals surface area contributed by atoms with E-state index in [-0.39, 0.29) is 6.10 Å². The zero-order chi connectivity index (χ0) is 11.4. The van der Waals surface area contributed by atoms with Crippen LogP contribution < -0.4 is 5.73 Å². The standard InChI is InChI=1S/C10H11Cl2NO2/c1-6(15-10(13)14)5-7-3-2-4-8(11)9(7)12/h2-4,6H,5H2,1H3,(H2,13,14). The van der Waals surface area contributed by atoms with Gasteiger partial charge >= 0.3 is 6.09 Å². The number of benzene rings is 1. The molecule has 0 bridgehead atoms. The minimum absolute atomic E-state index is 0.321. The predicted octanol–water partition coefficient (Wildman–Crippen LogP) is 3.02. The van der Waals surface area contributed by atoms with Crippen LogP contribution in [0.5, 0.6) is 0 Å². The summed E-state index contributed by atoms with van der Waals surface area (Å²) in [6.45, 7) is 1.74. The van der Waals surface area contributed by atoms with Crippen molar-refractivity contribution < 1.29 is 9.53 Å². The van der Waals surface area contributed by atoms with Gasteiger partial charge in [-0.2, -0.15) is 0 Å². The Morgan fingerprint density at radius 1 is 1.53 bits per heavy atom. The molecule has 1 aromatic carbocycles. The second-order valence-electron chi connectivity index (χ2n) is 3.16. The first-order valence-corrected chi connectivity index (χ1v) is 5.15. The molecule has 1 aromatic rings. The maximum Gasteiger partial charge on any atom is 0.404 e. The molecule has 0 aromatic heterocycles. The molecule has 1 rings (SSSR count). The van der Waals surface area contributed by atoms with Crippen molar-refractivity contribution in [2.75, 3.05) is 0 Å². The van der Waals surface area contributed by atoms with Crippen LogP contribution in [0.4, 0.5) is 4.79 Å². The van der Waals surface area contributed by atoms with E-state index in [0.717, 1.165) is 5.56 Å². The summed E-state index contributed by atoms with van der Waals surface area (Å²) in [5, 5.41) is 0.972. The lowest BCUT2D eigenvalue weighted by Crippen LogP contribution is -2.22. The van der Waals surface area contributed by atoms with Crippen molar-refractivity contribution in [2.24, 2.45) is 5.73 Å². The van der Waals surface area contributed by atoms with Crippen LogP contribution in [0.3, 0.4) is 0 Å². The van der Waals surface area contributed by atoms with Gasteiger partial charge in [0, 0.05) is 6.42 Å². The van der Waals surface area contributed by atoms with E-state index >= 15 is 0 Å². The highest BCUT2D eigenvalue weighted by Gasteiger charge is 2.11. The van der Waals surface area contributed by atoms with E-state index in [1.165, 1.54) is 0 Å². The number of nitrogens with two attached hydrogens (primary N) is 1. The normalized spacial score (nSPS) is 12.2. The lowest BCUT2D eigenvalue weighted by atomic mass is 10.1. The number of hydrogen-bond acceptors (Lipinski definition) is 2. The third-order valence-electron chi connectivity index (χ3n) is 1.86. The van der Waals surface area contributed by atoms with Gasteiger partial charge in [0.15, 0.2) is 0 Å². The number of carbonyl (C=O) groups is 1. The number of halogens is 2. The molecule has 5 heteroatoms. The third-order valence-corrected chi connectivity index (χ3v) is 2.71. The highest BCUT2D eigenvalue weighted by molar-refractivity contribution is 6.42. The summed E-state index contributed by atoms with van der Waals surface area (Å²) < 4.78 is 4.79. The van der Waals surface area contributed by atoms with Crippen LogP contribution in [0.1, 0.15) is 12.5 Å². The van der Waals surface area contributed by atoms with Gasteiger partial charge in [-0.3, -0.25) is 0 Å². The van der Waals surface area contributed by atoms with Crippen molar-refractivity contribution in [3.63, 3.8) is 0 Å². The Hall–Kier alpha value is -0.930. The zero-order valence-electron chi connectivity index (χ0n) is 8.17. The molecule has 15 heavy (non-hydrogen) atoms. The second-order valence-corrected chi connectivity index (χ2v) is 3.95. The number of primary amides is 1. The van der Waals surface area contributed by atoms with Crippen LogP contribution in [0.25, 0.3) is 0 Å². The minimum Gasteiger partial charge on any atom is -0.446 e. The lowest BCUT2D eigenvalue weighted by molar-refractivity contribution is 0.116. The van der Waals surface area contributed by atoms with Crippen molar-refractivity contribution in [3.05, 3.63) is 33.8 Å². The fourth-order valence-corrected chi connectivity index (χ4v) is 1.65. The number of carbonyl (C=O) groups excluding carboxylic acids is 1. The SMILES string of the molecule is CC(Cc1cccc(Cl)c1Cl)OC(N)=O. The fraction of sp³-hybridized carbons (Fsp3) is 0.300. The number of ether oxygens (including phenoxy) is 1. The molecule has 0 aliphatic rings. The van der Waals surface area contributed by atoms with E-state index in [0.29, 0.717) is 16.5 Å². The van der Waals surface area contributed by atoms with E-state index in [4.69, 9.17) is 33.7 Å². The Kier molecular flexibility index (Phi) is 4.24. The van der Waals surface area contributed by atoms with Gasteiger partial charge in [-0.05, 0) is 18.6 Å². The molecule has 0 saturated heterocycles.